The maximum atomic E-state index is 12.3. The summed E-state index contributed by atoms with van der Waals surface area (Å²) in [5, 5.41) is 5.67. The van der Waals surface area contributed by atoms with E-state index in [9.17, 15) is 9.59 Å². The standard InChI is InChI=1S/C20H15IN2O2/c21-16-9-4-8-15(12-16)20(25)23-18-11-5-10-17(13-18)22-19(24)14-6-2-1-3-7-14/h1-13H,(H,22,24)(H,23,25). The molecule has 2 N–H and O–H groups in total. The van der Waals surface area contributed by atoms with Gasteiger partial charge >= 0.3 is 0 Å². The minimum Gasteiger partial charge on any atom is -0.322 e. The molecule has 0 aromatic heterocycles. The number of amides is 2. The summed E-state index contributed by atoms with van der Waals surface area (Å²) >= 11 is 2.17. The number of anilines is 2. The number of halogens is 1. The molecule has 2 amide bonds. The van der Waals surface area contributed by atoms with Crippen LogP contribution in [0.5, 0.6) is 0 Å². The Kier molecular flexibility index (Phi) is 5.45. The first-order valence-corrected chi connectivity index (χ1v) is 8.73. The molecule has 4 nitrogen and oxygen atoms in total. The number of carbonyl (C=O) groups is 2. The van der Waals surface area contributed by atoms with Crippen LogP contribution >= 0.6 is 22.6 Å². The van der Waals surface area contributed by atoms with Crippen LogP contribution in [0.3, 0.4) is 0 Å². The molecule has 25 heavy (non-hydrogen) atoms. The van der Waals surface area contributed by atoms with Crippen molar-refractivity contribution < 1.29 is 9.59 Å². The van der Waals surface area contributed by atoms with Crippen molar-refractivity contribution in [2.24, 2.45) is 0 Å². The fourth-order valence-corrected chi connectivity index (χ4v) is 2.84. The van der Waals surface area contributed by atoms with Crippen molar-refractivity contribution in [1.82, 2.24) is 0 Å². The van der Waals surface area contributed by atoms with Gasteiger partial charge in [-0.05, 0) is 71.1 Å². The quantitative estimate of drug-likeness (QED) is 0.571. The second-order valence-corrected chi connectivity index (χ2v) is 6.61. The molecular formula is C20H15IN2O2. The highest BCUT2D eigenvalue weighted by atomic mass is 127. The molecule has 0 fully saturated rings. The van der Waals surface area contributed by atoms with Crippen molar-refractivity contribution in [2.45, 2.75) is 0 Å². The van der Waals surface area contributed by atoms with E-state index in [1.165, 1.54) is 0 Å². The summed E-state index contributed by atoms with van der Waals surface area (Å²) in [6, 6.07) is 23.4. The fraction of sp³-hybridized carbons (Fsp3) is 0. The zero-order valence-corrected chi connectivity index (χ0v) is 15.4. The van der Waals surface area contributed by atoms with Crippen LogP contribution < -0.4 is 10.6 Å². The predicted octanol–water partition coefficient (Wildman–Crippen LogP) is 4.80. The zero-order valence-electron chi connectivity index (χ0n) is 13.2. The smallest absolute Gasteiger partial charge is 0.255 e. The van der Waals surface area contributed by atoms with Gasteiger partial charge in [0.2, 0.25) is 0 Å². The van der Waals surface area contributed by atoms with Crippen LogP contribution in [0.25, 0.3) is 0 Å². The molecule has 124 valence electrons. The van der Waals surface area contributed by atoms with E-state index in [2.05, 4.69) is 33.2 Å². The van der Waals surface area contributed by atoms with Crippen LogP contribution in [-0.4, -0.2) is 11.8 Å². The first-order valence-electron chi connectivity index (χ1n) is 7.65. The summed E-state index contributed by atoms with van der Waals surface area (Å²) in [6.45, 7) is 0. The van der Waals surface area contributed by atoms with Crippen LogP contribution in [0, 0.1) is 3.57 Å². The Hall–Kier alpha value is -2.67. The number of hydrogen-bond donors (Lipinski definition) is 2. The summed E-state index contributed by atoms with van der Waals surface area (Å²) in [5.74, 6) is -0.383. The molecule has 0 atom stereocenters. The lowest BCUT2D eigenvalue weighted by Crippen LogP contribution is -2.14. The van der Waals surface area contributed by atoms with Crippen LogP contribution in [0.2, 0.25) is 0 Å². The van der Waals surface area contributed by atoms with Gasteiger partial charge in [-0.15, -0.1) is 0 Å². The first kappa shape index (κ1) is 17.2. The van der Waals surface area contributed by atoms with Gasteiger partial charge < -0.3 is 10.6 Å². The van der Waals surface area contributed by atoms with Crippen molar-refractivity contribution >= 4 is 45.8 Å². The van der Waals surface area contributed by atoms with Gasteiger partial charge in [0.15, 0.2) is 0 Å². The van der Waals surface area contributed by atoms with Gasteiger partial charge in [0.05, 0.1) is 0 Å². The number of carbonyl (C=O) groups excluding carboxylic acids is 2. The second kappa shape index (κ2) is 7.94. The molecule has 0 radical (unpaired) electrons. The lowest BCUT2D eigenvalue weighted by atomic mass is 10.2. The lowest BCUT2D eigenvalue weighted by molar-refractivity contribution is 0.101. The highest BCUT2D eigenvalue weighted by Crippen LogP contribution is 2.17. The Labute approximate surface area is 159 Å². The maximum Gasteiger partial charge on any atom is 0.255 e. The van der Waals surface area contributed by atoms with Crippen LogP contribution in [0.15, 0.2) is 78.9 Å². The number of nitrogens with one attached hydrogen (secondary N) is 2. The summed E-state index contributed by atoms with van der Waals surface area (Å²) < 4.78 is 0.995. The molecule has 0 aliphatic rings. The first-order chi connectivity index (χ1) is 12.1. The monoisotopic (exact) mass is 442 g/mol. The van der Waals surface area contributed by atoms with E-state index >= 15 is 0 Å². The third-order valence-corrected chi connectivity index (χ3v) is 4.17. The molecule has 0 aliphatic carbocycles. The number of benzene rings is 3. The van der Waals surface area contributed by atoms with Crippen molar-refractivity contribution in [3.8, 4) is 0 Å². The van der Waals surface area contributed by atoms with E-state index in [0.29, 0.717) is 22.5 Å². The van der Waals surface area contributed by atoms with Crippen LogP contribution in [-0.2, 0) is 0 Å². The van der Waals surface area contributed by atoms with Crippen LogP contribution in [0.1, 0.15) is 20.7 Å². The van der Waals surface area contributed by atoms with Crippen LogP contribution in [0.4, 0.5) is 11.4 Å². The summed E-state index contributed by atoms with van der Waals surface area (Å²) in [6.07, 6.45) is 0. The summed E-state index contributed by atoms with van der Waals surface area (Å²) in [7, 11) is 0. The Morgan fingerprint density at radius 3 is 1.84 bits per heavy atom. The number of hydrogen-bond acceptors (Lipinski definition) is 2. The SMILES string of the molecule is O=C(Nc1cccc(NC(=O)c2cccc(I)c2)c1)c1ccccc1. The van der Waals surface area contributed by atoms with Gasteiger partial charge in [-0.3, -0.25) is 9.59 Å². The van der Waals surface area contributed by atoms with E-state index in [0.717, 1.165) is 3.57 Å². The molecule has 0 bridgehead atoms. The topological polar surface area (TPSA) is 58.2 Å². The third-order valence-electron chi connectivity index (χ3n) is 3.50. The van der Waals surface area contributed by atoms with E-state index in [4.69, 9.17) is 0 Å². The molecule has 0 spiro atoms. The zero-order chi connectivity index (χ0) is 17.6. The third kappa shape index (κ3) is 4.67. The van der Waals surface area contributed by atoms with Crippen molar-refractivity contribution in [3.05, 3.63) is 93.6 Å². The van der Waals surface area contributed by atoms with E-state index < -0.39 is 0 Å². The minimum absolute atomic E-state index is 0.190. The molecule has 5 heteroatoms. The Bertz CT molecular complexity index is 910. The molecule has 0 unspecified atom stereocenters. The Morgan fingerprint density at radius 1 is 0.640 bits per heavy atom. The van der Waals surface area contributed by atoms with Gasteiger partial charge in [0, 0.05) is 26.1 Å². The van der Waals surface area contributed by atoms with Gasteiger partial charge in [-0.1, -0.05) is 30.3 Å². The van der Waals surface area contributed by atoms with E-state index in [1.54, 1.807) is 42.5 Å². The molecular weight excluding hydrogens is 427 g/mol. The molecule has 3 aromatic rings. The molecule has 0 aliphatic heterocycles. The average molecular weight is 442 g/mol. The molecule has 0 heterocycles. The van der Waals surface area contributed by atoms with Gasteiger partial charge in [0.1, 0.15) is 0 Å². The van der Waals surface area contributed by atoms with E-state index in [1.807, 2.05) is 36.4 Å². The minimum atomic E-state index is -0.193. The normalized spacial score (nSPS) is 10.1. The van der Waals surface area contributed by atoms with E-state index in [-0.39, 0.29) is 11.8 Å². The summed E-state index contributed by atoms with van der Waals surface area (Å²) in [5.41, 5.74) is 2.41. The van der Waals surface area contributed by atoms with Crippen molar-refractivity contribution in [1.29, 1.82) is 0 Å². The lowest BCUT2D eigenvalue weighted by Gasteiger charge is -2.09. The van der Waals surface area contributed by atoms with Crippen molar-refractivity contribution in [3.63, 3.8) is 0 Å². The highest BCUT2D eigenvalue weighted by molar-refractivity contribution is 14.1. The van der Waals surface area contributed by atoms with Gasteiger partial charge in [-0.25, -0.2) is 0 Å². The average Bonchev–Trinajstić information content (AvgIpc) is 2.63. The van der Waals surface area contributed by atoms with Gasteiger partial charge in [0.25, 0.3) is 11.8 Å². The molecule has 3 aromatic carbocycles. The highest BCUT2D eigenvalue weighted by Gasteiger charge is 2.08. The maximum absolute atomic E-state index is 12.3. The summed E-state index contributed by atoms with van der Waals surface area (Å²) in [4.78, 5) is 24.5. The molecule has 0 saturated heterocycles. The predicted molar refractivity (Wildman–Crippen MR) is 108 cm³/mol. The fourth-order valence-electron chi connectivity index (χ4n) is 2.30. The Balaban J connectivity index is 1.71. The van der Waals surface area contributed by atoms with Crippen molar-refractivity contribution in [2.75, 3.05) is 10.6 Å². The largest absolute Gasteiger partial charge is 0.322 e. The number of rotatable bonds is 4. The molecule has 3 rings (SSSR count). The second-order valence-electron chi connectivity index (χ2n) is 5.37. The molecule has 0 saturated carbocycles. The Morgan fingerprint density at radius 2 is 1.20 bits per heavy atom. The van der Waals surface area contributed by atoms with Gasteiger partial charge in [-0.2, -0.15) is 0 Å².